The smallest absolute Gasteiger partial charge is 0.254 e. The zero-order chi connectivity index (χ0) is 23.7. The van der Waals surface area contributed by atoms with E-state index >= 15 is 0 Å². The number of fused-ring (bicyclic) bond motifs is 2. The van der Waals surface area contributed by atoms with Gasteiger partial charge in [-0.05, 0) is 61.0 Å². The summed E-state index contributed by atoms with van der Waals surface area (Å²) >= 11 is 0. The predicted octanol–water partition coefficient (Wildman–Crippen LogP) is 4.42. The molecule has 7 heteroatoms. The minimum atomic E-state index is -0.231. The molecule has 0 atom stereocenters. The van der Waals surface area contributed by atoms with E-state index in [0.29, 0.717) is 40.4 Å². The SMILES string of the molecule is COc1ccc2[nH]c(=O)c(CN(Cc3ccc4c(c3)OCO4)C(=O)c3cccc(C)c3)cc2c1. The maximum Gasteiger partial charge on any atom is 0.254 e. The summed E-state index contributed by atoms with van der Waals surface area (Å²) in [5, 5.41) is 0.833. The van der Waals surface area contributed by atoms with Gasteiger partial charge in [-0.15, -0.1) is 0 Å². The van der Waals surface area contributed by atoms with Crippen molar-refractivity contribution >= 4 is 16.8 Å². The monoisotopic (exact) mass is 456 g/mol. The van der Waals surface area contributed by atoms with E-state index in [1.165, 1.54) is 0 Å². The van der Waals surface area contributed by atoms with Crippen LogP contribution in [0, 0.1) is 6.92 Å². The highest BCUT2D eigenvalue weighted by molar-refractivity contribution is 5.94. The molecule has 0 radical (unpaired) electrons. The molecule has 1 aliphatic heterocycles. The van der Waals surface area contributed by atoms with Crippen molar-refractivity contribution in [1.82, 2.24) is 9.88 Å². The van der Waals surface area contributed by atoms with E-state index < -0.39 is 0 Å². The zero-order valence-electron chi connectivity index (χ0n) is 19.0. The van der Waals surface area contributed by atoms with Crippen molar-refractivity contribution in [3.63, 3.8) is 0 Å². The minimum absolute atomic E-state index is 0.143. The maximum atomic E-state index is 13.6. The van der Waals surface area contributed by atoms with Crippen molar-refractivity contribution < 1.29 is 19.0 Å². The van der Waals surface area contributed by atoms with Gasteiger partial charge in [-0.3, -0.25) is 9.59 Å². The lowest BCUT2D eigenvalue weighted by Gasteiger charge is -2.23. The molecule has 7 nitrogen and oxygen atoms in total. The molecule has 0 spiro atoms. The number of ether oxygens (including phenoxy) is 3. The predicted molar refractivity (Wildman–Crippen MR) is 128 cm³/mol. The standard InChI is InChI=1S/C27H24N2O5/c1-17-4-3-5-19(10-17)27(31)29(14-18-6-9-24-25(11-18)34-16-33-24)15-21-12-20-13-22(32-2)7-8-23(20)28-26(21)30/h3-13H,14-16H2,1-2H3,(H,28,30). The number of hydrogen-bond acceptors (Lipinski definition) is 5. The van der Waals surface area contributed by atoms with Crippen LogP contribution in [0.1, 0.15) is 27.0 Å². The van der Waals surface area contributed by atoms with Crippen molar-refractivity contribution in [2.45, 2.75) is 20.0 Å². The Labute approximate surface area is 196 Å². The second kappa shape index (κ2) is 8.94. The van der Waals surface area contributed by atoms with E-state index in [-0.39, 0.29) is 24.8 Å². The van der Waals surface area contributed by atoms with E-state index in [2.05, 4.69) is 4.98 Å². The molecular weight excluding hydrogens is 432 g/mol. The Hall–Kier alpha value is -4.26. The molecule has 1 N–H and O–H groups in total. The molecule has 0 saturated heterocycles. The van der Waals surface area contributed by atoms with E-state index in [1.807, 2.05) is 61.5 Å². The first-order valence-corrected chi connectivity index (χ1v) is 10.9. The Morgan fingerprint density at radius 1 is 1.00 bits per heavy atom. The molecule has 3 aromatic carbocycles. The number of hydrogen-bond donors (Lipinski definition) is 1. The number of aryl methyl sites for hydroxylation is 1. The molecule has 2 heterocycles. The summed E-state index contributed by atoms with van der Waals surface area (Å²) in [6, 6.07) is 20.3. The molecular formula is C27H24N2O5. The Bertz CT molecular complexity index is 1440. The number of carbonyl (C=O) groups is 1. The third-order valence-electron chi connectivity index (χ3n) is 5.85. The van der Waals surface area contributed by atoms with Gasteiger partial charge in [-0.1, -0.05) is 23.8 Å². The van der Waals surface area contributed by atoms with Gasteiger partial charge in [0.15, 0.2) is 11.5 Å². The van der Waals surface area contributed by atoms with Crippen molar-refractivity contribution in [2.24, 2.45) is 0 Å². The molecule has 1 amide bonds. The maximum absolute atomic E-state index is 13.6. The molecule has 0 saturated carbocycles. The first-order valence-electron chi connectivity index (χ1n) is 10.9. The molecule has 0 fully saturated rings. The average molecular weight is 456 g/mol. The first-order chi connectivity index (χ1) is 16.5. The highest BCUT2D eigenvalue weighted by atomic mass is 16.7. The van der Waals surface area contributed by atoms with Gasteiger partial charge in [-0.2, -0.15) is 0 Å². The quantitative estimate of drug-likeness (QED) is 0.465. The Morgan fingerprint density at radius 2 is 1.85 bits per heavy atom. The highest BCUT2D eigenvalue weighted by Crippen LogP contribution is 2.33. The number of aromatic amines is 1. The van der Waals surface area contributed by atoms with Crippen LogP contribution in [0.4, 0.5) is 0 Å². The fraction of sp³-hybridized carbons (Fsp3) is 0.185. The number of nitrogens with one attached hydrogen (secondary N) is 1. The number of carbonyl (C=O) groups excluding carboxylic acids is 1. The van der Waals surface area contributed by atoms with Crippen LogP contribution in [0.3, 0.4) is 0 Å². The first kappa shape index (κ1) is 21.6. The number of benzene rings is 3. The summed E-state index contributed by atoms with van der Waals surface area (Å²) in [7, 11) is 1.60. The van der Waals surface area contributed by atoms with E-state index in [0.717, 1.165) is 16.5 Å². The molecule has 0 unspecified atom stereocenters. The lowest BCUT2D eigenvalue weighted by atomic mass is 10.1. The van der Waals surface area contributed by atoms with Gasteiger partial charge in [0.25, 0.3) is 11.5 Å². The van der Waals surface area contributed by atoms with Crippen molar-refractivity contribution in [3.05, 3.63) is 99.3 Å². The van der Waals surface area contributed by atoms with Crippen LogP contribution in [0.2, 0.25) is 0 Å². The van der Waals surface area contributed by atoms with Crippen LogP contribution in [-0.2, 0) is 13.1 Å². The summed E-state index contributed by atoms with van der Waals surface area (Å²) in [6.07, 6.45) is 0. The van der Waals surface area contributed by atoms with Gasteiger partial charge in [-0.25, -0.2) is 0 Å². The Balaban J connectivity index is 1.52. The van der Waals surface area contributed by atoms with Crippen LogP contribution in [0.25, 0.3) is 10.9 Å². The number of methoxy groups -OCH3 is 1. The molecule has 172 valence electrons. The molecule has 0 bridgehead atoms. The summed E-state index contributed by atoms with van der Waals surface area (Å²) in [5.41, 5.74) is 3.41. The fourth-order valence-corrected chi connectivity index (χ4v) is 4.10. The Kier molecular flexibility index (Phi) is 5.67. The van der Waals surface area contributed by atoms with Crippen LogP contribution < -0.4 is 19.8 Å². The number of H-pyrrole nitrogens is 1. The van der Waals surface area contributed by atoms with E-state index in [9.17, 15) is 9.59 Å². The minimum Gasteiger partial charge on any atom is -0.497 e. The summed E-state index contributed by atoms with van der Waals surface area (Å²) < 4.78 is 16.2. The fourth-order valence-electron chi connectivity index (χ4n) is 4.10. The third kappa shape index (κ3) is 4.32. The van der Waals surface area contributed by atoms with Gasteiger partial charge < -0.3 is 24.1 Å². The van der Waals surface area contributed by atoms with Gasteiger partial charge in [0.1, 0.15) is 5.75 Å². The van der Waals surface area contributed by atoms with Gasteiger partial charge in [0, 0.05) is 28.6 Å². The molecule has 1 aromatic heterocycles. The summed E-state index contributed by atoms with van der Waals surface area (Å²) in [4.78, 5) is 31.0. The molecule has 4 aromatic rings. The highest BCUT2D eigenvalue weighted by Gasteiger charge is 2.21. The molecule has 0 aliphatic carbocycles. The normalized spacial score (nSPS) is 12.1. The number of nitrogens with zero attached hydrogens (tertiary/aromatic N) is 1. The van der Waals surface area contributed by atoms with Crippen LogP contribution >= 0.6 is 0 Å². The zero-order valence-corrected chi connectivity index (χ0v) is 19.0. The second-order valence-electron chi connectivity index (χ2n) is 8.30. The Morgan fingerprint density at radius 3 is 2.68 bits per heavy atom. The lowest BCUT2D eigenvalue weighted by Crippen LogP contribution is -2.32. The largest absolute Gasteiger partial charge is 0.497 e. The van der Waals surface area contributed by atoms with Crippen LogP contribution in [0.15, 0.2) is 71.5 Å². The number of amides is 1. The van der Waals surface area contributed by atoms with Gasteiger partial charge in [0.05, 0.1) is 13.7 Å². The molecule has 1 aliphatic rings. The van der Waals surface area contributed by atoms with Crippen LogP contribution in [0.5, 0.6) is 17.2 Å². The summed E-state index contributed by atoms with van der Waals surface area (Å²) in [6.45, 7) is 2.57. The average Bonchev–Trinajstić information content (AvgIpc) is 3.31. The van der Waals surface area contributed by atoms with Gasteiger partial charge >= 0.3 is 0 Å². The van der Waals surface area contributed by atoms with E-state index in [4.69, 9.17) is 14.2 Å². The summed E-state index contributed by atoms with van der Waals surface area (Å²) in [5.74, 6) is 1.86. The number of pyridine rings is 1. The van der Waals surface area contributed by atoms with Crippen molar-refractivity contribution in [3.8, 4) is 17.2 Å². The topological polar surface area (TPSA) is 80.9 Å². The van der Waals surface area contributed by atoms with Gasteiger partial charge in [0.2, 0.25) is 6.79 Å². The van der Waals surface area contributed by atoms with E-state index in [1.54, 1.807) is 24.1 Å². The molecule has 5 rings (SSSR count). The number of aromatic nitrogens is 1. The molecule has 34 heavy (non-hydrogen) atoms. The lowest BCUT2D eigenvalue weighted by molar-refractivity contribution is 0.0729. The van der Waals surface area contributed by atoms with Crippen molar-refractivity contribution in [2.75, 3.05) is 13.9 Å². The third-order valence-corrected chi connectivity index (χ3v) is 5.85. The second-order valence-corrected chi connectivity index (χ2v) is 8.30. The number of rotatable bonds is 6. The van der Waals surface area contributed by atoms with Crippen LogP contribution in [-0.4, -0.2) is 29.7 Å². The van der Waals surface area contributed by atoms with Crippen molar-refractivity contribution in [1.29, 1.82) is 0 Å².